The topological polar surface area (TPSA) is 154 Å². The lowest BCUT2D eigenvalue weighted by Gasteiger charge is -2.15. The first-order valence-corrected chi connectivity index (χ1v) is 8.39. The number of aromatic nitrogens is 2. The number of methoxy groups -OCH3 is 3. The summed E-state index contributed by atoms with van der Waals surface area (Å²) in [6.45, 7) is -0.0941. The highest BCUT2D eigenvalue weighted by Crippen LogP contribution is 2.42. The van der Waals surface area contributed by atoms with E-state index in [-0.39, 0.29) is 35.6 Å². The molecule has 2 aromatic carbocycles. The summed E-state index contributed by atoms with van der Waals surface area (Å²) < 4.78 is 20.7. The summed E-state index contributed by atoms with van der Waals surface area (Å²) >= 11 is 0. The Bertz CT molecular complexity index is 1010. The van der Waals surface area contributed by atoms with E-state index in [2.05, 4.69) is 20.9 Å². The first kappa shape index (κ1) is 19.9. The molecule has 3 rings (SSSR count). The van der Waals surface area contributed by atoms with Crippen LogP contribution in [-0.4, -0.2) is 54.8 Å². The van der Waals surface area contributed by atoms with Crippen molar-refractivity contribution in [2.75, 3.05) is 45.1 Å². The summed E-state index contributed by atoms with van der Waals surface area (Å²) in [5.41, 5.74) is 0.924. The summed E-state index contributed by atoms with van der Waals surface area (Å²) in [7, 11) is 4.47. The van der Waals surface area contributed by atoms with Crippen molar-refractivity contribution in [1.82, 2.24) is 10.3 Å². The Morgan fingerprint density at radius 2 is 1.72 bits per heavy atom. The maximum atomic E-state index is 11.5. The number of anilines is 3. The minimum atomic E-state index is -0.588. The van der Waals surface area contributed by atoms with E-state index in [1.165, 1.54) is 27.4 Å². The molecular weight excluding hydrogens is 386 g/mol. The lowest BCUT2D eigenvalue weighted by molar-refractivity contribution is -0.382. The molecule has 0 amide bonds. The van der Waals surface area contributed by atoms with Crippen LogP contribution in [0.5, 0.6) is 17.2 Å². The molecule has 0 saturated heterocycles. The molecule has 3 aromatic rings. The number of ether oxygens (including phenoxy) is 3. The number of hydrogen-bond donors (Lipinski definition) is 3. The summed E-state index contributed by atoms with van der Waals surface area (Å²) in [5.74, 6) is 1.26. The van der Waals surface area contributed by atoms with Crippen LogP contribution < -0.4 is 24.8 Å². The normalized spacial score (nSPS) is 10.6. The number of rotatable bonds is 9. The quantitative estimate of drug-likeness (QED) is 0.355. The third-order valence-electron chi connectivity index (χ3n) is 4.07. The second kappa shape index (κ2) is 8.48. The molecule has 0 aliphatic rings. The fourth-order valence-corrected chi connectivity index (χ4v) is 2.84. The number of aliphatic hydroxyl groups is 1. The number of nitrogens with zero attached hydrogens (tertiary/aromatic N) is 3. The second-order valence-corrected chi connectivity index (χ2v) is 5.73. The standard InChI is InChI=1S/C17H19N5O7/c1-26-12-6-9(7-13(27-2)17(12)28-3)19-10-8-11(18-4-5-23)16(22(24)25)15-14(10)20-29-21-15/h6-8,18-19,23H,4-5H2,1-3H3. The fraction of sp³-hybridized carbons (Fsp3) is 0.294. The maximum absolute atomic E-state index is 11.5. The Morgan fingerprint density at radius 3 is 2.28 bits per heavy atom. The van der Waals surface area contributed by atoms with Crippen molar-refractivity contribution < 1.29 is 28.9 Å². The molecule has 0 fully saturated rings. The average molecular weight is 405 g/mol. The summed E-state index contributed by atoms with van der Waals surface area (Å²) in [5, 5.41) is 34.0. The van der Waals surface area contributed by atoms with Gasteiger partial charge in [0.2, 0.25) is 11.3 Å². The Balaban J connectivity index is 2.12. The molecule has 154 valence electrons. The van der Waals surface area contributed by atoms with Crippen molar-refractivity contribution in [3.8, 4) is 17.2 Å². The number of fused-ring (bicyclic) bond motifs is 1. The van der Waals surface area contributed by atoms with E-state index in [9.17, 15) is 10.1 Å². The van der Waals surface area contributed by atoms with E-state index in [1.807, 2.05) is 0 Å². The first-order chi connectivity index (χ1) is 14.0. The number of benzene rings is 2. The lowest BCUT2D eigenvalue weighted by Crippen LogP contribution is -2.08. The van der Waals surface area contributed by atoms with Gasteiger partial charge in [0, 0.05) is 24.4 Å². The Labute approximate surface area is 164 Å². The van der Waals surface area contributed by atoms with Gasteiger partial charge in [-0.1, -0.05) is 0 Å². The highest BCUT2D eigenvalue weighted by Gasteiger charge is 2.26. The first-order valence-electron chi connectivity index (χ1n) is 8.39. The van der Waals surface area contributed by atoms with Crippen LogP contribution in [0.15, 0.2) is 22.8 Å². The van der Waals surface area contributed by atoms with E-state index < -0.39 is 4.92 Å². The highest BCUT2D eigenvalue weighted by molar-refractivity contribution is 6.00. The molecule has 12 nitrogen and oxygen atoms in total. The molecule has 0 atom stereocenters. The van der Waals surface area contributed by atoms with Crippen molar-refractivity contribution in [3.05, 3.63) is 28.3 Å². The second-order valence-electron chi connectivity index (χ2n) is 5.73. The van der Waals surface area contributed by atoms with Gasteiger partial charge in [-0.25, -0.2) is 4.63 Å². The molecule has 1 aromatic heterocycles. The maximum Gasteiger partial charge on any atom is 0.323 e. The molecule has 3 N–H and O–H groups in total. The molecular formula is C17H19N5O7. The number of hydrogen-bond acceptors (Lipinski definition) is 11. The molecule has 0 aliphatic carbocycles. The molecule has 0 aliphatic heterocycles. The van der Waals surface area contributed by atoms with Gasteiger partial charge < -0.3 is 30.0 Å². The third kappa shape index (κ3) is 3.78. The highest BCUT2D eigenvalue weighted by atomic mass is 16.6. The van der Waals surface area contributed by atoms with Gasteiger partial charge in [-0.05, 0) is 16.4 Å². The minimum absolute atomic E-state index is 0.0344. The number of nitro groups is 1. The molecule has 12 heteroatoms. The van der Waals surface area contributed by atoms with Crippen molar-refractivity contribution in [2.45, 2.75) is 0 Å². The number of aliphatic hydroxyl groups excluding tert-OH is 1. The largest absolute Gasteiger partial charge is 0.493 e. The van der Waals surface area contributed by atoms with Crippen LogP contribution in [0.25, 0.3) is 11.0 Å². The van der Waals surface area contributed by atoms with Gasteiger partial charge in [-0.2, -0.15) is 0 Å². The fourth-order valence-electron chi connectivity index (χ4n) is 2.84. The molecule has 29 heavy (non-hydrogen) atoms. The van der Waals surface area contributed by atoms with Crippen molar-refractivity contribution in [2.24, 2.45) is 0 Å². The lowest BCUT2D eigenvalue weighted by atomic mass is 10.1. The van der Waals surface area contributed by atoms with Gasteiger partial charge >= 0.3 is 5.69 Å². The molecule has 0 radical (unpaired) electrons. The van der Waals surface area contributed by atoms with Crippen molar-refractivity contribution in [3.63, 3.8) is 0 Å². The zero-order chi connectivity index (χ0) is 21.0. The molecule has 1 heterocycles. The van der Waals surface area contributed by atoms with E-state index in [0.717, 1.165) is 0 Å². The zero-order valence-corrected chi connectivity index (χ0v) is 15.9. The molecule has 0 spiro atoms. The van der Waals surface area contributed by atoms with E-state index in [4.69, 9.17) is 23.9 Å². The minimum Gasteiger partial charge on any atom is -0.493 e. The van der Waals surface area contributed by atoms with Gasteiger partial charge in [0.15, 0.2) is 17.0 Å². The SMILES string of the molecule is COc1cc(Nc2cc(NCCO)c([N+](=O)[O-])c3nonc23)cc(OC)c1OC. The number of nitro benzene ring substituents is 1. The van der Waals surface area contributed by atoms with Crippen molar-refractivity contribution in [1.29, 1.82) is 0 Å². The molecule has 0 saturated carbocycles. The van der Waals surface area contributed by atoms with Crippen LogP contribution in [0.4, 0.5) is 22.7 Å². The number of nitrogens with one attached hydrogen (secondary N) is 2. The monoisotopic (exact) mass is 405 g/mol. The van der Waals surface area contributed by atoms with Crippen LogP contribution in [0.2, 0.25) is 0 Å². The predicted octanol–water partition coefficient (Wildman–Crippen LogP) is 2.30. The van der Waals surface area contributed by atoms with E-state index >= 15 is 0 Å². The summed E-state index contributed by atoms with van der Waals surface area (Å²) in [4.78, 5) is 10.9. The zero-order valence-electron chi connectivity index (χ0n) is 15.9. The van der Waals surface area contributed by atoms with Gasteiger partial charge in [-0.15, -0.1) is 0 Å². The van der Waals surface area contributed by atoms with Crippen LogP contribution in [0.1, 0.15) is 0 Å². The molecule has 0 unspecified atom stereocenters. The Kier molecular flexibility index (Phi) is 5.83. The van der Waals surface area contributed by atoms with Crippen LogP contribution in [-0.2, 0) is 0 Å². The average Bonchev–Trinajstić information content (AvgIpc) is 3.20. The van der Waals surface area contributed by atoms with Crippen LogP contribution in [0, 0.1) is 10.1 Å². The van der Waals surface area contributed by atoms with Crippen LogP contribution in [0.3, 0.4) is 0 Å². The van der Waals surface area contributed by atoms with E-state index in [0.29, 0.717) is 28.6 Å². The summed E-state index contributed by atoms with van der Waals surface area (Å²) in [6, 6.07) is 4.83. The van der Waals surface area contributed by atoms with E-state index in [1.54, 1.807) is 12.1 Å². The third-order valence-corrected chi connectivity index (χ3v) is 4.07. The van der Waals surface area contributed by atoms with Gasteiger partial charge in [0.25, 0.3) is 0 Å². The van der Waals surface area contributed by atoms with Crippen LogP contribution >= 0.6 is 0 Å². The van der Waals surface area contributed by atoms with Gasteiger partial charge in [0.05, 0.1) is 38.5 Å². The predicted molar refractivity (Wildman–Crippen MR) is 103 cm³/mol. The van der Waals surface area contributed by atoms with Gasteiger partial charge in [0.1, 0.15) is 5.69 Å². The summed E-state index contributed by atoms with van der Waals surface area (Å²) in [6.07, 6.45) is 0. The Hall–Kier alpha value is -3.80. The van der Waals surface area contributed by atoms with Crippen molar-refractivity contribution >= 4 is 33.8 Å². The molecule has 0 bridgehead atoms. The Morgan fingerprint density at radius 1 is 1.07 bits per heavy atom. The van der Waals surface area contributed by atoms with Gasteiger partial charge in [-0.3, -0.25) is 10.1 Å². The smallest absolute Gasteiger partial charge is 0.323 e.